The second kappa shape index (κ2) is 8.30. The normalized spacial score (nSPS) is 16.8. The molecular weight excluding hydrogens is 496 g/mol. The van der Waals surface area contributed by atoms with Crippen LogP contribution in [0.4, 0.5) is 10.1 Å². The molecule has 156 valence electrons. The number of methoxy groups -OCH3 is 1. The Balaban J connectivity index is 1.96. The van der Waals surface area contributed by atoms with Crippen LogP contribution in [0.1, 0.15) is 40.8 Å². The average Bonchev–Trinajstić information content (AvgIpc) is 3.18. The maximum Gasteiger partial charge on any atom is 0.279 e. The van der Waals surface area contributed by atoms with E-state index in [1.165, 1.54) is 17.0 Å². The number of fused-ring (bicyclic) bond motifs is 1. The van der Waals surface area contributed by atoms with Crippen molar-refractivity contribution >= 4 is 50.7 Å². The molecule has 1 aliphatic rings. The number of hydrogen-bond acceptors (Lipinski definition) is 3. The Morgan fingerprint density at radius 1 is 1.23 bits per heavy atom. The first-order chi connectivity index (χ1) is 14.3. The number of hydrogen-bond donors (Lipinski definition) is 0. The second-order valence-electron chi connectivity index (χ2n) is 6.99. The molecule has 1 amide bonds. The molecule has 0 spiro atoms. The molecule has 0 radical (unpaired) electrons. The number of aromatic nitrogens is 2. The van der Waals surface area contributed by atoms with Crippen molar-refractivity contribution in [3.05, 3.63) is 80.0 Å². The highest BCUT2D eigenvalue weighted by Crippen LogP contribution is 2.45. The Morgan fingerprint density at radius 3 is 2.60 bits per heavy atom. The average molecular weight is 513 g/mol. The van der Waals surface area contributed by atoms with Crippen LogP contribution < -0.4 is 4.90 Å². The van der Waals surface area contributed by atoms with Crippen LogP contribution in [0.2, 0.25) is 10.0 Å². The summed E-state index contributed by atoms with van der Waals surface area (Å²) in [5.74, 6) is -1.07. The number of amides is 1. The maximum absolute atomic E-state index is 15.0. The van der Waals surface area contributed by atoms with Gasteiger partial charge in [-0.25, -0.2) is 9.37 Å². The zero-order chi connectivity index (χ0) is 21.6. The van der Waals surface area contributed by atoms with E-state index < -0.39 is 17.8 Å². The number of ether oxygens (including phenoxy) is 1. The van der Waals surface area contributed by atoms with Crippen molar-refractivity contribution in [2.24, 2.45) is 0 Å². The molecule has 30 heavy (non-hydrogen) atoms. The summed E-state index contributed by atoms with van der Waals surface area (Å²) in [6.07, 6.45) is 0. The van der Waals surface area contributed by atoms with E-state index in [1.54, 1.807) is 25.3 Å². The van der Waals surface area contributed by atoms with Crippen molar-refractivity contribution in [1.29, 1.82) is 0 Å². The largest absolute Gasteiger partial charge is 0.383 e. The van der Waals surface area contributed by atoms with Gasteiger partial charge in [0.15, 0.2) is 16.2 Å². The van der Waals surface area contributed by atoms with Crippen molar-refractivity contribution in [2.75, 3.05) is 18.6 Å². The van der Waals surface area contributed by atoms with E-state index in [-0.39, 0.29) is 22.4 Å². The minimum Gasteiger partial charge on any atom is -0.383 e. The Bertz CT molecular complexity index is 1120. The zero-order valence-electron chi connectivity index (χ0n) is 16.1. The van der Waals surface area contributed by atoms with Gasteiger partial charge in [-0.05, 0) is 52.7 Å². The first-order valence-corrected chi connectivity index (χ1v) is 10.7. The van der Waals surface area contributed by atoms with Crippen LogP contribution in [0, 0.1) is 5.82 Å². The third kappa shape index (κ3) is 3.43. The number of rotatable bonds is 5. The molecule has 5 nitrogen and oxygen atoms in total. The van der Waals surface area contributed by atoms with Crippen LogP contribution in [0.3, 0.4) is 0 Å². The first-order valence-electron chi connectivity index (χ1n) is 9.14. The van der Waals surface area contributed by atoms with Gasteiger partial charge in [0, 0.05) is 12.1 Å². The molecule has 1 aliphatic heterocycles. The van der Waals surface area contributed by atoms with Crippen molar-refractivity contribution < 1.29 is 13.9 Å². The molecule has 2 atom stereocenters. The number of carbonyl (C=O) groups excluding carboxylic acids is 1. The molecular formula is C21H17BrCl2FN3O2. The van der Waals surface area contributed by atoms with Gasteiger partial charge in [0.1, 0.15) is 6.04 Å². The monoisotopic (exact) mass is 511 g/mol. The topological polar surface area (TPSA) is 47.4 Å². The number of halogens is 4. The predicted molar refractivity (Wildman–Crippen MR) is 118 cm³/mol. The SMILES string of the molecule is COCC(C)n1c(Br)nc2c1C(c1ccc(Cl)cc1)N(c1cccc(Cl)c1F)C2=O. The van der Waals surface area contributed by atoms with Crippen LogP contribution in [0.5, 0.6) is 0 Å². The smallest absolute Gasteiger partial charge is 0.279 e. The molecule has 0 fully saturated rings. The summed E-state index contributed by atoms with van der Waals surface area (Å²) in [6.45, 7) is 2.37. The second-order valence-corrected chi connectivity index (χ2v) is 8.54. The van der Waals surface area contributed by atoms with Crippen molar-refractivity contribution in [3.63, 3.8) is 0 Å². The van der Waals surface area contributed by atoms with E-state index in [0.717, 1.165) is 5.56 Å². The van der Waals surface area contributed by atoms with Gasteiger partial charge in [-0.3, -0.25) is 9.69 Å². The fourth-order valence-electron chi connectivity index (χ4n) is 3.80. The summed E-state index contributed by atoms with van der Waals surface area (Å²) in [4.78, 5) is 19.3. The standard InChI is InChI=1S/C21H17BrCl2FN3O2/c1-11(10-30-2)27-19-17(26-21(27)22)20(29)28(15-5-3-4-14(24)16(15)25)18(19)12-6-8-13(23)9-7-12/h3-9,11,18H,10H2,1-2H3. The molecule has 0 N–H and O–H groups in total. The van der Waals surface area contributed by atoms with Gasteiger partial charge in [0.05, 0.1) is 29.1 Å². The minimum atomic E-state index is -0.660. The number of carbonyl (C=O) groups is 1. The lowest BCUT2D eigenvalue weighted by Gasteiger charge is -2.28. The Hall–Kier alpha value is -1.93. The lowest BCUT2D eigenvalue weighted by molar-refractivity contribution is 0.0988. The van der Waals surface area contributed by atoms with E-state index in [0.29, 0.717) is 22.1 Å². The Labute approximate surface area is 191 Å². The quantitative estimate of drug-likeness (QED) is 0.418. The van der Waals surface area contributed by atoms with E-state index in [9.17, 15) is 9.18 Å². The lowest BCUT2D eigenvalue weighted by atomic mass is 10.0. The van der Waals surface area contributed by atoms with Crippen molar-refractivity contribution in [1.82, 2.24) is 9.55 Å². The van der Waals surface area contributed by atoms with Gasteiger partial charge in [-0.2, -0.15) is 0 Å². The van der Waals surface area contributed by atoms with E-state index >= 15 is 0 Å². The molecule has 4 rings (SSSR count). The van der Waals surface area contributed by atoms with E-state index in [4.69, 9.17) is 27.9 Å². The summed E-state index contributed by atoms with van der Waals surface area (Å²) in [6, 6.07) is 11.0. The Kier molecular flexibility index (Phi) is 5.90. The summed E-state index contributed by atoms with van der Waals surface area (Å²) < 4.78 is 22.7. The maximum atomic E-state index is 15.0. The molecule has 1 aromatic heterocycles. The summed E-state index contributed by atoms with van der Waals surface area (Å²) >= 11 is 15.6. The minimum absolute atomic E-state index is 0.0588. The highest BCUT2D eigenvalue weighted by Gasteiger charge is 2.45. The van der Waals surface area contributed by atoms with E-state index in [2.05, 4.69) is 20.9 Å². The molecule has 2 heterocycles. The predicted octanol–water partition coefficient (Wildman–Crippen LogP) is 6.05. The lowest BCUT2D eigenvalue weighted by Crippen LogP contribution is -2.31. The summed E-state index contributed by atoms with van der Waals surface area (Å²) in [7, 11) is 1.61. The van der Waals surface area contributed by atoms with Gasteiger partial charge < -0.3 is 9.30 Å². The van der Waals surface area contributed by atoms with Crippen molar-refractivity contribution in [2.45, 2.75) is 19.0 Å². The number of imidazole rings is 1. The molecule has 3 aromatic rings. The fourth-order valence-corrected chi connectivity index (χ4v) is 4.82. The van der Waals surface area contributed by atoms with Gasteiger partial charge in [-0.1, -0.05) is 41.4 Å². The zero-order valence-corrected chi connectivity index (χ0v) is 19.2. The van der Waals surface area contributed by atoms with Crippen molar-refractivity contribution in [3.8, 4) is 0 Å². The first kappa shape index (κ1) is 21.3. The fraction of sp³-hybridized carbons (Fsp3) is 0.238. The number of anilines is 1. The third-order valence-corrected chi connectivity index (χ3v) is 6.17. The van der Waals surface area contributed by atoms with Gasteiger partial charge >= 0.3 is 0 Å². The summed E-state index contributed by atoms with van der Waals surface area (Å²) in [5, 5.41) is 0.503. The third-order valence-electron chi connectivity index (χ3n) is 5.07. The summed E-state index contributed by atoms with van der Waals surface area (Å²) in [5.41, 5.74) is 1.76. The molecule has 0 saturated heterocycles. The molecule has 0 saturated carbocycles. The Morgan fingerprint density at radius 2 is 1.93 bits per heavy atom. The van der Waals surface area contributed by atoms with Crippen LogP contribution in [-0.2, 0) is 4.74 Å². The van der Waals surface area contributed by atoms with E-state index in [1.807, 2.05) is 23.6 Å². The van der Waals surface area contributed by atoms with Gasteiger partial charge in [0.2, 0.25) is 0 Å². The number of benzene rings is 2. The van der Waals surface area contributed by atoms with Crippen LogP contribution in [0.25, 0.3) is 0 Å². The van der Waals surface area contributed by atoms with Gasteiger partial charge in [0.25, 0.3) is 5.91 Å². The van der Waals surface area contributed by atoms with Crippen LogP contribution in [0.15, 0.2) is 47.2 Å². The molecule has 2 aromatic carbocycles. The van der Waals surface area contributed by atoms with Gasteiger partial charge in [-0.15, -0.1) is 0 Å². The van der Waals surface area contributed by atoms with Crippen LogP contribution in [-0.4, -0.2) is 29.2 Å². The molecule has 9 heteroatoms. The molecule has 0 aliphatic carbocycles. The molecule has 0 bridgehead atoms. The highest BCUT2D eigenvalue weighted by atomic mass is 79.9. The van der Waals surface area contributed by atoms with Crippen LogP contribution >= 0.6 is 39.1 Å². The molecule has 2 unspecified atom stereocenters. The highest BCUT2D eigenvalue weighted by molar-refractivity contribution is 9.10. The number of nitrogens with zero attached hydrogens (tertiary/aromatic N) is 3.